The number of fused-ring (bicyclic) bond motifs is 1. The number of imidazole rings is 1. The van der Waals surface area contributed by atoms with Gasteiger partial charge < -0.3 is 4.74 Å². The molecule has 6 heteroatoms. The predicted octanol–water partition coefficient (Wildman–Crippen LogP) is 2.95. The molecule has 5 nitrogen and oxygen atoms in total. The Bertz CT molecular complexity index is 790. The largest absolute Gasteiger partial charge is 0.380 e. The summed E-state index contributed by atoms with van der Waals surface area (Å²) < 4.78 is 9.10. The van der Waals surface area contributed by atoms with Gasteiger partial charge >= 0.3 is 0 Å². The van der Waals surface area contributed by atoms with Gasteiger partial charge in [-0.3, -0.25) is 4.57 Å². The second-order valence-corrected chi connectivity index (χ2v) is 5.25. The molecule has 0 aliphatic rings. The lowest BCUT2D eigenvalue weighted by molar-refractivity contribution is 0.185. The molecule has 0 aliphatic heterocycles. The number of alkyl halides is 1. The number of rotatable bonds is 4. The Labute approximate surface area is 128 Å². The summed E-state index contributed by atoms with van der Waals surface area (Å²) in [6.07, 6.45) is 0. The molecule has 21 heavy (non-hydrogen) atoms. The summed E-state index contributed by atoms with van der Waals surface area (Å²) in [5.74, 6) is 1.17. The molecule has 0 atom stereocenters. The van der Waals surface area contributed by atoms with Crippen molar-refractivity contribution in [2.75, 3.05) is 7.11 Å². The lowest BCUT2D eigenvalue weighted by Gasteiger charge is -2.10. The zero-order valence-electron chi connectivity index (χ0n) is 12.3. The van der Waals surface area contributed by atoms with Crippen molar-refractivity contribution in [3.8, 4) is 5.69 Å². The fourth-order valence-corrected chi connectivity index (χ4v) is 2.81. The zero-order valence-corrected chi connectivity index (χ0v) is 13.1. The Morgan fingerprint density at radius 2 is 2.14 bits per heavy atom. The van der Waals surface area contributed by atoms with Gasteiger partial charge in [0, 0.05) is 19.8 Å². The maximum atomic E-state index is 6.08. The topological polar surface area (TPSA) is 44.9 Å². The van der Waals surface area contributed by atoms with E-state index in [0.29, 0.717) is 12.5 Å². The molecular weight excluding hydrogens is 288 g/mol. The summed E-state index contributed by atoms with van der Waals surface area (Å²) in [6, 6.07) is 8.18. The highest BCUT2D eigenvalue weighted by Gasteiger charge is 2.18. The lowest BCUT2D eigenvalue weighted by Crippen LogP contribution is -2.04. The number of hydrogen-bond acceptors (Lipinski definition) is 3. The first-order valence-corrected chi connectivity index (χ1v) is 7.24. The van der Waals surface area contributed by atoms with Crippen molar-refractivity contribution in [3.63, 3.8) is 0 Å². The van der Waals surface area contributed by atoms with Gasteiger partial charge in [0.15, 0.2) is 5.65 Å². The molecule has 0 bridgehead atoms. The molecular formula is C15H17ClN4O. The van der Waals surface area contributed by atoms with E-state index < -0.39 is 0 Å². The first-order chi connectivity index (χ1) is 10.2. The van der Waals surface area contributed by atoms with Crippen LogP contribution in [0.1, 0.15) is 17.1 Å². The van der Waals surface area contributed by atoms with E-state index in [4.69, 9.17) is 16.3 Å². The van der Waals surface area contributed by atoms with Gasteiger partial charge in [-0.1, -0.05) is 12.1 Å². The van der Waals surface area contributed by atoms with Crippen molar-refractivity contribution >= 4 is 22.8 Å². The molecule has 1 aromatic carbocycles. The Balaban J connectivity index is 2.25. The number of halogens is 1. The van der Waals surface area contributed by atoms with Crippen molar-refractivity contribution in [1.29, 1.82) is 0 Å². The summed E-state index contributed by atoms with van der Waals surface area (Å²) in [5.41, 5.74) is 4.88. The zero-order chi connectivity index (χ0) is 15.0. The molecule has 3 rings (SSSR count). The van der Waals surface area contributed by atoms with Gasteiger partial charge in [0.25, 0.3) is 0 Å². The van der Waals surface area contributed by atoms with E-state index in [1.807, 2.05) is 36.9 Å². The molecule has 0 amide bonds. The van der Waals surface area contributed by atoms with Crippen molar-refractivity contribution in [2.45, 2.75) is 19.4 Å². The van der Waals surface area contributed by atoms with Crippen molar-refractivity contribution in [1.82, 2.24) is 19.3 Å². The highest BCUT2D eigenvalue weighted by molar-refractivity contribution is 6.17. The van der Waals surface area contributed by atoms with Gasteiger partial charge in [0.2, 0.25) is 0 Å². The quantitative estimate of drug-likeness (QED) is 0.696. The van der Waals surface area contributed by atoms with Crippen LogP contribution in [0.4, 0.5) is 0 Å². The minimum absolute atomic E-state index is 0.350. The molecule has 0 saturated heterocycles. The lowest BCUT2D eigenvalue weighted by atomic mass is 10.2. The Morgan fingerprint density at radius 3 is 2.86 bits per heavy atom. The first-order valence-electron chi connectivity index (χ1n) is 6.71. The average Bonchev–Trinajstić information content (AvgIpc) is 2.98. The third-order valence-corrected chi connectivity index (χ3v) is 3.71. The van der Waals surface area contributed by atoms with Crippen LogP contribution < -0.4 is 0 Å². The van der Waals surface area contributed by atoms with Gasteiger partial charge in [0.1, 0.15) is 11.3 Å². The normalized spacial score (nSPS) is 11.4. The fourth-order valence-electron chi connectivity index (χ4n) is 2.63. The van der Waals surface area contributed by atoms with Crippen LogP contribution in [0.2, 0.25) is 0 Å². The number of hydrogen-bond donors (Lipinski definition) is 0. The monoisotopic (exact) mass is 304 g/mol. The van der Waals surface area contributed by atoms with Crippen LogP contribution in [0, 0.1) is 6.92 Å². The Hall–Kier alpha value is -1.85. The predicted molar refractivity (Wildman–Crippen MR) is 82.8 cm³/mol. The molecule has 0 aliphatic carbocycles. The van der Waals surface area contributed by atoms with E-state index in [9.17, 15) is 0 Å². The molecule has 2 heterocycles. The molecule has 110 valence electrons. The van der Waals surface area contributed by atoms with Gasteiger partial charge in [-0.15, -0.1) is 11.6 Å². The molecule has 0 N–H and O–H groups in total. The number of nitrogens with zero attached hydrogens (tertiary/aromatic N) is 4. The van der Waals surface area contributed by atoms with E-state index in [2.05, 4.69) is 20.7 Å². The van der Waals surface area contributed by atoms with E-state index in [0.717, 1.165) is 33.9 Å². The van der Waals surface area contributed by atoms with Crippen molar-refractivity contribution in [3.05, 3.63) is 41.3 Å². The highest BCUT2D eigenvalue weighted by atomic mass is 35.5. The Kier molecular flexibility index (Phi) is 3.69. The molecule has 0 saturated carbocycles. The minimum atomic E-state index is 0.350. The smallest absolute Gasteiger partial charge is 0.163 e. The molecule has 0 radical (unpaired) electrons. The fraction of sp³-hybridized carbons (Fsp3) is 0.333. The molecule has 2 aromatic heterocycles. The van der Waals surface area contributed by atoms with Gasteiger partial charge in [0.05, 0.1) is 18.2 Å². The highest BCUT2D eigenvalue weighted by Crippen LogP contribution is 2.25. The number of methoxy groups -OCH3 is 1. The summed E-state index contributed by atoms with van der Waals surface area (Å²) in [7, 11) is 3.61. The van der Waals surface area contributed by atoms with Crippen LogP contribution in [0.3, 0.4) is 0 Å². The molecule has 0 fully saturated rings. The van der Waals surface area contributed by atoms with E-state index in [-0.39, 0.29) is 0 Å². The molecule has 3 aromatic rings. The Morgan fingerprint density at radius 1 is 1.33 bits per heavy atom. The van der Waals surface area contributed by atoms with Gasteiger partial charge in [-0.2, -0.15) is 5.10 Å². The maximum absolute atomic E-state index is 6.08. The number of ether oxygens (including phenoxy) is 1. The maximum Gasteiger partial charge on any atom is 0.163 e. The van der Waals surface area contributed by atoms with Gasteiger partial charge in [-0.25, -0.2) is 9.67 Å². The average molecular weight is 305 g/mol. The van der Waals surface area contributed by atoms with E-state index in [1.165, 1.54) is 0 Å². The summed E-state index contributed by atoms with van der Waals surface area (Å²) in [4.78, 5) is 4.62. The van der Waals surface area contributed by atoms with Crippen LogP contribution >= 0.6 is 11.6 Å². The van der Waals surface area contributed by atoms with Crippen molar-refractivity contribution < 1.29 is 4.74 Å². The third kappa shape index (κ3) is 2.32. The number of aryl methyl sites for hydroxylation is 2. The second-order valence-electron chi connectivity index (χ2n) is 4.98. The van der Waals surface area contributed by atoms with Gasteiger partial charge in [-0.05, 0) is 24.6 Å². The van der Waals surface area contributed by atoms with Crippen LogP contribution in [0.5, 0.6) is 0 Å². The summed E-state index contributed by atoms with van der Waals surface area (Å²) >= 11 is 6.08. The minimum Gasteiger partial charge on any atom is -0.380 e. The standard InChI is InChI=1S/C15H17ClN4O/c1-10-14-15(19(2)18-10)20(13(8-16)17-14)12-6-4-5-11(7-12)9-21-3/h4-7H,8-9H2,1-3H3. The van der Waals surface area contributed by atoms with Crippen LogP contribution in [0.25, 0.3) is 16.9 Å². The summed E-state index contributed by atoms with van der Waals surface area (Å²) in [6.45, 7) is 2.53. The van der Waals surface area contributed by atoms with Crippen LogP contribution in [-0.4, -0.2) is 26.4 Å². The number of aromatic nitrogens is 4. The third-order valence-electron chi connectivity index (χ3n) is 3.47. The SMILES string of the molecule is COCc1cccc(-n2c(CCl)nc3c(C)nn(C)c32)c1. The molecule has 0 spiro atoms. The van der Waals surface area contributed by atoms with Crippen LogP contribution in [-0.2, 0) is 24.3 Å². The second kappa shape index (κ2) is 5.50. The molecule has 0 unspecified atom stereocenters. The van der Waals surface area contributed by atoms with E-state index >= 15 is 0 Å². The first kappa shape index (κ1) is 14.1. The van der Waals surface area contributed by atoms with Crippen molar-refractivity contribution in [2.24, 2.45) is 7.05 Å². The summed E-state index contributed by atoms with van der Waals surface area (Å²) in [5, 5.41) is 4.44. The van der Waals surface area contributed by atoms with E-state index in [1.54, 1.807) is 7.11 Å². The number of benzene rings is 1. The van der Waals surface area contributed by atoms with Crippen LogP contribution in [0.15, 0.2) is 24.3 Å².